The lowest BCUT2D eigenvalue weighted by Gasteiger charge is -2.00. The summed E-state index contributed by atoms with van der Waals surface area (Å²) in [7, 11) is 0. The predicted molar refractivity (Wildman–Crippen MR) is 88.1 cm³/mol. The number of fused-ring (bicyclic) bond motifs is 1. The summed E-state index contributed by atoms with van der Waals surface area (Å²) in [5, 5.41) is 0. The summed E-state index contributed by atoms with van der Waals surface area (Å²) < 4.78 is 3.17. The zero-order valence-corrected chi connectivity index (χ0v) is 14.0. The van der Waals surface area contributed by atoms with Gasteiger partial charge in [-0.05, 0) is 41.9 Å². The van der Waals surface area contributed by atoms with Crippen molar-refractivity contribution in [2.45, 2.75) is 13.8 Å². The molecule has 0 spiro atoms. The number of hydrogen-bond acceptors (Lipinski definition) is 1. The van der Waals surface area contributed by atoms with Crippen LogP contribution in [0.5, 0.6) is 0 Å². The fraction of sp³-hybridized carbons (Fsp3) is 0.133. The fourth-order valence-electron chi connectivity index (χ4n) is 2.12. The number of rotatable bonds is 1. The molecule has 3 aromatic rings. The number of hydrogen-bond donors (Lipinski definition) is 0. The van der Waals surface area contributed by atoms with Gasteiger partial charge in [0.2, 0.25) is 0 Å². The Bertz CT molecular complexity index is 715. The van der Waals surface area contributed by atoms with Crippen molar-refractivity contribution in [3.8, 4) is 11.3 Å². The molecule has 0 amide bonds. The molecule has 0 saturated heterocycles. The molecule has 2 aromatic heterocycles. The second kappa shape index (κ2) is 5.47. The highest BCUT2D eigenvalue weighted by molar-refractivity contribution is 9.10. The van der Waals surface area contributed by atoms with Crippen molar-refractivity contribution >= 4 is 38.6 Å². The summed E-state index contributed by atoms with van der Waals surface area (Å²) in [6.07, 6.45) is 2.05. The third kappa shape index (κ3) is 2.60. The van der Waals surface area contributed by atoms with Gasteiger partial charge in [0.15, 0.2) is 0 Å². The molecule has 0 aliphatic rings. The molecule has 0 unspecified atom stereocenters. The maximum absolute atomic E-state index is 4.70. The molecule has 98 valence electrons. The van der Waals surface area contributed by atoms with E-state index in [0.717, 1.165) is 27.1 Å². The second-order valence-corrected chi connectivity index (χ2v) is 5.40. The van der Waals surface area contributed by atoms with Gasteiger partial charge in [-0.1, -0.05) is 29.8 Å². The number of benzene rings is 1. The first-order chi connectivity index (χ1) is 8.65. The van der Waals surface area contributed by atoms with Gasteiger partial charge in [0.1, 0.15) is 5.65 Å². The van der Waals surface area contributed by atoms with E-state index >= 15 is 0 Å². The molecule has 1 aromatic carbocycles. The minimum absolute atomic E-state index is 0. The average Bonchev–Trinajstić information content (AvgIpc) is 2.68. The van der Waals surface area contributed by atoms with Gasteiger partial charge in [-0.2, -0.15) is 0 Å². The van der Waals surface area contributed by atoms with Crippen molar-refractivity contribution in [1.29, 1.82) is 0 Å². The van der Waals surface area contributed by atoms with Gasteiger partial charge in [0.05, 0.1) is 5.69 Å². The van der Waals surface area contributed by atoms with Gasteiger partial charge in [-0.25, -0.2) is 4.98 Å². The molecule has 3 rings (SSSR count). The predicted octanol–water partition coefficient (Wildman–Crippen LogP) is 4.96. The monoisotopic (exact) mass is 380 g/mol. The molecular formula is C15H14Br2N2. The molecule has 0 saturated carbocycles. The minimum Gasteiger partial charge on any atom is -0.303 e. The van der Waals surface area contributed by atoms with Crippen LogP contribution >= 0.6 is 32.9 Å². The topological polar surface area (TPSA) is 17.3 Å². The molecule has 4 heteroatoms. The Morgan fingerprint density at radius 3 is 2.37 bits per heavy atom. The Kier molecular flexibility index (Phi) is 4.11. The van der Waals surface area contributed by atoms with Crippen LogP contribution in [0.2, 0.25) is 0 Å². The SMILES string of the molecule is Br.Cc1ccc(-c2nc3ccc(Br)cn3c2C)cc1. The molecule has 0 N–H and O–H groups in total. The zero-order chi connectivity index (χ0) is 12.7. The molecule has 0 atom stereocenters. The number of pyridine rings is 1. The summed E-state index contributed by atoms with van der Waals surface area (Å²) >= 11 is 3.49. The Balaban J connectivity index is 0.00000133. The lowest BCUT2D eigenvalue weighted by atomic mass is 10.1. The van der Waals surface area contributed by atoms with E-state index in [2.05, 4.69) is 64.6 Å². The highest BCUT2D eigenvalue weighted by Crippen LogP contribution is 2.25. The van der Waals surface area contributed by atoms with Crippen molar-refractivity contribution in [3.63, 3.8) is 0 Å². The summed E-state index contributed by atoms with van der Waals surface area (Å²) in [5.74, 6) is 0. The first-order valence-corrected chi connectivity index (χ1v) is 6.66. The van der Waals surface area contributed by atoms with Crippen molar-refractivity contribution in [2.75, 3.05) is 0 Å². The van der Waals surface area contributed by atoms with Gasteiger partial charge in [0.25, 0.3) is 0 Å². The Morgan fingerprint density at radius 2 is 1.68 bits per heavy atom. The first kappa shape index (κ1) is 14.3. The van der Waals surface area contributed by atoms with Crippen LogP contribution in [-0.2, 0) is 0 Å². The third-order valence-corrected chi connectivity index (χ3v) is 3.62. The van der Waals surface area contributed by atoms with Crippen LogP contribution in [0.4, 0.5) is 0 Å². The van der Waals surface area contributed by atoms with Gasteiger partial charge in [-0.15, -0.1) is 17.0 Å². The van der Waals surface area contributed by atoms with Gasteiger partial charge < -0.3 is 4.40 Å². The van der Waals surface area contributed by atoms with E-state index in [-0.39, 0.29) is 17.0 Å². The van der Waals surface area contributed by atoms with Crippen LogP contribution in [0.15, 0.2) is 47.1 Å². The third-order valence-electron chi connectivity index (χ3n) is 3.15. The number of halogens is 2. The quantitative estimate of drug-likeness (QED) is 0.582. The lowest BCUT2D eigenvalue weighted by molar-refractivity contribution is 1.10. The van der Waals surface area contributed by atoms with E-state index in [1.807, 2.05) is 12.1 Å². The maximum Gasteiger partial charge on any atom is 0.137 e. The molecular weight excluding hydrogens is 368 g/mol. The summed E-state index contributed by atoms with van der Waals surface area (Å²) in [5.41, 5.74) is 5.62. The summed E-state index contributed by atoms with van der Waals surface area (Å²) in [6.45, 7) is 4.19. The van der Waals surface area contributed by atoms with E-state index in [9.17, 15) is 0 Å². The minimum atomic E-state index is 0. The zero-order valence-electron chi connectivity index (χ0n) is 10.7. The van der Waals surface area contributed by atoms with E-state index in [4.69, 9.17) is 4.98 Å². The highest BCUT2D eigenvalue weighted by Gasteiger charge is 2.10. The van der Waals surface area contributed by atoms with Crippen molar-refractivity contribution in [2.24, 2.45) is 0 Å². The van der Waals surface area contributed by atoms with Gasteiger partial charge >= 0.3 is 0 Å². The lowest BCUT2D eigenvalue weighted by Crippen LogP contribution is -1.87. The van der Waals surface area contributed by atoms with Crippen molar-refractivity contribution in [3.05, 3.63) is 58.3 Å². The van der Waals surface area contributed by atoms with Gasteiger partial charge in [-0.3, -0.25) is 0 Å². The summed E-state index contributed by atoms with van der Waals surface area (Å²) in [4.78, 5) is 4.70. The Morgan fingerprint density at radius 1 is 1.00 bits per heavy atom. The number of nitrogens with zero attached hydrogens (tertiary/aromatic N) is 2. The second-order valence-electron chi connectivity index (χ2n) is 4.49. The van der Waals surface area contributed by atoms with Crippen molar-refractivity contribution < 1.29 is 0 Å². The Hall–Kier alpha value is -1.13. The molecule has 0 bridgehead atoms. The van der Waals surface area contributed by atoms with Crippen LogP contribution in [-0.4, -0.2) is 9.38 Å². The molecule has 0 fully saturated rings. The van der Waals surface area contributed by atoms with Crippen LogP contribution in [0, 0.1) is 13.8 Å². The normalized spacial score (nSPS) is 10.5. The van der Waals surface area contributed by atoms with Crippen LogP contribution in [0.25, 0.3) is 16.9 Å². The largest absolute Gasteiger partial charge is 0.303 e. The molecule has 2 heterocycles. The standard InChI is InChI=1S/C15H13BrN2.BrH/c1-10-3-5-12(6-4-10)15-11(2)18-9-13(16)7-8-14(18)17-15;/h3-9H,1-2H3;1H. The van der Waals surface area contributed by atoms with Gasteiger partial charge in [0, 0.05) is 21.9 Å². The number of aromatic nitrogens is 2. The van der Waals surface area contributed by atoms with E-state index in [1.165, 1.54) is 5.56 Å². The molecule has 0 radical (unpaired) electrons. The molecule has 0 aliphatic carbocycles. The molecule has 2 nitrogen and oxygen atoms in total. The van der Waals surface area contributed by atoms with Crippen LogP contribution in [0.1, 0.15) is 11.3 Å². The van der Waals surface area contributed by atoms with E-state index in [1.54, 1.807) is 0 Å². The number of imidazole rings is 1. The highest BCUT2D eigenvalue weighted by atomic mass is 79.9. The van der Waals surface area contributed by atoms with E-state index in [0.29, 0.717) is 0 Å². The first-order valence-electron chi connectivity index (χ1n) is 5.86. The smallest absolute Gasteiger partial charge is 0.137 e. The molecule has 19 heavy (non-hydrogen) atoms. The van der Waals surface area contributed by atoms with Crippen LogP contribution in [0.3, 0.4) is 0 Å². The average molecular weight is 382 g/mol. The number of aryl methyl sites for hydroxylation is 2. The fourth-order valence-corrected chi connectivity index (χ4v) is 2.46. The van der Waals surface area contributed by atoms with E-state index < -0.39 is 0 Å². The van der Waals surface area contributed by atoms with Crippen molar-refractivity contribution in [1.82, 2.24) is 9.38 Å². The summed E-state index contributed by atoms with van der Waals surface area (Å²) in [6, 6.07) is 12.5. The Labute approximate surface area is 131 Å². The maximum atomic E-state index is 4.70. The molecule has 0 aliphatic heterocycles. The van der Waals surface area contributed by atoms with Crippen LogP contribution < -0.4 is 0 Å².